The lowest BCUT2D eigenvalue weighted by molar-refractivity contribution is 0.601. The van der Waals surface area contributed by atoms with Gasteiger partial charge in [-0.1, -0.05) is 18.2 Å². The maximum Gasteiger partial charge on any atom is 0.264 e. The molecule has 4 rings (SSSR count). The maximum atomic E-state index is 12.7. The molecule has 0 aliphatic carbocycles. The van der Waals surface area contributed by atoms with Crippen molar-refractivity contribution in [3.8, 4) is 5.69 Å². The molecule has 0 amide bonds. The number of nitrogens with zero attached hydrogens (tertiary/aromatic N) is 5. The fraction of sp³-hybridized carbons (Fsp3) is 0.0909. The van der Waals surface area contributed by atoms with Gasteiger partial charge in [-0.25, -0.2) is 27.8 Å². The highest BCUT2D eigenvalue weighted by Crippen LogP contribution is 2.23. The van der Waals surface area contributed by atoms with Crippen LogP contribution in [0.25, 0.3) is 5.69 Å². The monoisotopic (exact) mass is 462 g/mol. The Hall–Kier alpha value is -4.25. The molecule has 2 heterocycles. The lowest BCUT2D eigenvalue weighted by atomic mass is 10.3. The number of nitrogens with one attached hydrogen (secondary N) is 1. The summed E-state index contributed by atoms with van der Waals surface area (Å²) in [5.74, 6) is 0.604. The van der Waals surface area contributed by atoms with Crippen LogP contribution in [0.1, 0.15) is 17.0 Å². The van der Waals surface area contributed by atoms with E-state index in [1.807, 2.05) is 30.3 Å². The number of aromatic nitrogens is 4. The number of hydrogen-bond acceptors (Lipinski definition) is 8. The normalized spacial score (nSPS) is 11.7. The minimum atomic E-state index is -3.85. The third-order valence-corrected chi connectivity index (χ3v) is 6.03. The van der Waals surface area contributed by atoms with Crippen molar-refractivity contribution in [1.82, 2.24) is 19.7 Å². The summed E-state index contributed by atoms with van der Waals surface area (Å²) in [5, 5.41) is 4.27. The molecule has 2 aromatic heterocycles. The molecule has 0 spiro atoms. The second-order valence-corrected chi connectivity index (χ2v) is 8.95. The molecule has 4 aromatic rings. The number of aliphatic imine (C=N–C) groups is 1. The van der Waals surface area contributed by atoms with E-state index in [2.05, 4.69) is 24.8 Å². The van der Waals surface area contributed by atoms with Gasteiger partial charge < -0.3 is 11.5 Å². The van der Waals surface area contributed by atoms with Crippen molar-refractivity contribution in [2.24, 2.45) is 4.99 Å². The highest BCUT2D eigenvalue weighted by Gasteiger charge is 2.16. The number of nitrogens with two attached hydrogens (primary N) is 2. The molecule has 0 bridgehead atoms. The first-order valence-corrected chi connectivity index (χ1v) is 11.4. The Balaban J connectivity index is 1.54. The number of anilines is 3. The topological polar surface area (TPSA) is 154 Å². The average molecular weight is 463 g/mol. The van der Waals surface area contributed by atoms with Crippen molar-refractivity contribution in [2.75, 3.05) is 16.2 Å². The van der Waals surface area contributed by atoms with Gasteiger partial charge >= 0.3 is 0 Å². The molecule has 0 saturated heterocycles. The van der Waals surface area contributed by atoms with Gasteiger partial charge in [-0.05, 0) is 56.3 Å². The third kappa shape index (κ3) is 4.83. The number of aryl methyl sites for hydroxylation is 2. The van der Waals surface area contributed by atoms with Crippen molar-refractivity contribution >= 4 is 39.5 Å². The lowest BCUT2D eigenvalue weighted by Gasteiger charge is -2.08. The number of nitrogen functional groups attached to an aromatic ring is 2. The first-order chi connectivity index (χ1) is 15.7. The molecule has 168 valence electrons. The van der Waals surface area contributed by atoms with Gasteiger partial charge in [0, 0.05) is 17.6 Å². The van der Waals surface area contributed by atoms with E-state index in [0.29, 0.717) is 28.5 Å². The predicted molar refractivity (Wildman–Crippen MR) is 128 cm³/mol. The minimum Gasteiger partial charge on any atom is -0.383 e. The van der Waals surface area contributed by atoms with E-state index in [1.165, 1.54) is 23.0 Å². The fourth-order valence-electron chi connectivity index (χ4n) is 3.16. The molecule has 0 fully saturated rings. The summed E-state index contributed by atoms with van der Waals surface area (Å²) in [4.78, 5) is 12.6. The third-order valence-electron chi connectivity index (χ3n) is 4.69. The summed E-state index contributed by atoms with van der Waals surface area (Å²) in [6, 6.07) is 17.1. The summed E-state index contributed by atoms with van der Waals surface area (Å²) in [6.45, 7) is 3.53. The maximum absolute atomic E-state index is 12.7. The summed E-state index contributed by atoms with van der Waals surface area (Å²) in [5.41, 5.74) is 15.3. The smallest absolute Gasteiger partial charge is 0.264 e. The van der Waals surface area contributed by atoms with Gasteiger partial charge in [0.2, 0.25) is 5.95 Å². The standard InChI is InChI=1S/C22H22N8O2S/c1-14-12-15(2)27-22(26-14)29-33(31,32)18-10-8-16(9-11-18)25-13-19-20(23)28-30(21(19)24)17-6-4-3-5-7-17/h3-13H,24H2,1-2H3,(H2,23,28)(H,26,27,29). The van der Waals surface area contributed by atoms with Gasteiger partial charge in [-0.3, -0.25) is 4.99 Å². The van der Waals surface area contributed by atoms with E-state index in [-0.39, 0.29) is 16.7 Å². The second kappa shape index (κ2) is 8.71. The highest BCUT2D eigenvalue weighted by atomic mass is 32.2. The zero-order valence-electron chi connectivity index (χ0n) is 18.0. The van der Waals surface area contributed by atoms with Gasteiger partial charge in [-0.2, -0.15) is 0 Å². The van der Waals surface area contributed by atoms with E-state index in [4.69, 9.17) is 11.5 Å². The van der Waals surface area contributed by atoms with Crippen molar-refractivity contribution in [3.63, 3.8) is 0 Å². The molecule has 0 atom stereocenters. The Kier molecular flexibility index (Phi) is 5.80. The first-order valence-electron chi connectivity index (χ1n) is 9.91. The Labute approximate surface area is 191 Å². The van der Waals surface area contributed by atoms with Crippen molar-refractivity contribution in [3.05, 3.63) is 77.6 Å². The SMILES string of the molecule is Cc1cc(C)nc(NS(=O)(=O)c2ccc(N=Cc3c(N)nn(-c4ccccc4)c3N)cc2)n1. The van der Waals surface area contributed by atoms with Crippen LogP contribution in [0.15, 0.2) is 70.6 Å². The second-order valence-electron chi connectivity index (χ2n) is 7.26. The Morgan fingerprint density at radius 2 is 1.61 bits per heavy atom. The van der Waals surface area contributed by atoms with E-state index < -0.39 is 10.0 Å². The van der Waals surface area contributed by atoms with Crippen LogP contribution in [0, 0.1) is 13.8 Å². The van der Waals surface area contributed by atoms with Crippen LogP contribution in [0.3, 0.4) is 0 Å². The van der Waals surface area contributed by atoms with E-state index in [1.54, 1.807) is 32.0 Å². The van der Waals surface area contributed by atoms with Gasteiger partial charge in [0.1, 0.15) is 5.82 Å². The number of para-hydroxylation sites is 1. The largest absolute Gasteiger partial charge is 0.383 e. The molecule has 0 aliphatic rings. The molecule has 11 heteroatoms. The van der Waals surface area contributed by atoms with Gasteiger partial charge in [0.25, 0.3) is 10.0 Å². The predicted octanol–water partition coefficient (Wildman–Crippen LogP) is 2.99. The molecule has 0 unspecified atom stereocenters. The molecule has 0 aliphatic heterocycles. The highest BCUT2D eigenvalue weighted by molar-refractivity contribution is 7.92. The quantitative estimate of drug-likeness (QED) is 0.372. The van der Waals surface area contributed by atoms with Crippen molar-refractivity contribution in [2.45, 2.75) is 18.7 Å². The molecule has 10 nitrogen and oxygen atoms in total. The molecule has 0 radical (unpaired) electrons. The van der Waals surface area contributed by atoms with E-state index in [0.717, 1.165) is 5.69 Å². The van der Waals surface area contributed by atoms with Gasteiger partial charge in [0.05, 0.1) is 21.8 Å². The minimum absolute atomic E-state index is 0.0241. The lowest BCUT2D eigenvalue weighted by Crippen LogP contribution is -2.15. The summed E-state index contributed by atoms with van der Waals surface area (Å²) < 4.78 is 29.3. The molecular formula is C22H22N8O2S. The zero-order valence-corrected chi connectivity index (χ0v) is 18.8. The van der Waals surface area contributed by atoms with Crippen LogP contribution in [0.2, 0.25) is 0 Å². The van der Waals surface area contributed by atoms with Crippen LogP contribution >= 0.6 is 0 Å². The van der Waals surface area contributed by atoms with Crippen LogP contribution in [0.5, 0.6) is 0 Å². The van der Waals surface area contributed by atoms with Crippen molar-refractivity contribution < 1.29 is 8.42 Å². The number of hydrogen-bond donors (Lipinski definition) is 3. The van der Waals surface area contributed by atoms with Crippen LogP contribution < -0.4 is 16.2 Å². The fourth-order valence-corrected chi connectivity index (χ4v) is 4.10. The summed E-state index contributed by atoms with van der Waals surface area (Å²) >= 11 is 0. The van der Waals surface area contributed by atoms with E-state index in [9.17, 15) is 8.42 Å². The molecular weight excluding hydrogens is 440 g/mol. The molecule has 2 aromatic carbocycles. The average Bonchev–Trinajstić information content (AvgIpc) is 3.05. The Morgan fingerprint density at radius 1 is 0.970 bits per heavy atom. The van der Waals surface area contributed by atoms with E-state index >= 15 is 0 Å². The Bertz CT molecular complexity index is 1410. The molecule has 0 saturated carbocycles. The molecule has 5 N–H and O–H groups in total. The van der Waals surface area contributed by atoms with Gasteiger partial charge in [-0.15, -0.1) is 5.10 Å². The molecule has 33 heavy (non-hydrogen) atoms. The van der Waals surface area contributed by atoms with Gasteiger partial charge in [0.15, 0.2) is 5.82 Å². The van der Waals surface area contributed by atoms with Crippen LogP contribution in [-0.4, -0.2) is 34.4 Å². The number of rotatable bonds is 6. The van der Waals surface area contributed by atoms with Crippen LogP contribution in [0.4, 0.5) is 23.3 Å². The number of benzene rings is 2. The van der Waals surface area contributed by atoms with Crippen LogP contribution in [-0.2, 0) is 10.0 Å². The summed E-state index contributed by atoms with van der Waals surface area (Å²) in [7, 11) is -3.85. The first kappa shape index (κ1) is 22.0. The summed E-state index contributed by atoms with van der Waals surface area (Å²) in [6.07, 6.45) is 1.50. The van der Waals surface area contributed by atoms with Crippen molar-refractivity contribution in [1.29, 1.82) is 0 Å². The Morgan fingerprint density at radius 3 is 2.24 bits per heavy atom. The number of sulfonamides is 1. The zero-order chi connectivity index (χ0) is 23.6.